The third-order valence-electron chi connectivity index (χ3n) is 2.36. The van der Waals surface area contributed by atoms with Crippen molar-refractivity contribution < 1.29 is 0 Å². The first-order valence-electron chi connectivity index (χ1n) is 4.80. The quantitative estimate of drug-likeness (QED) is 0.838. The summed E-state index contributed by atoms with van der Waals surface area (Å²) in [7, 11) is 0. The van der Waals surface area contributed by atoms with Crippen LogP contribution in [0.25, 0.3) is 0 Å². The molecule has 0 aliphatic carbocycles. The van der Waals surface area contributed by atoms with E-state index in [1.54, 1.807) is 11.3 Å². The van der Waals surface area contributed by atoms with Crippen molar-refractivity contribution in [2.75, 3.05) is 19.6 Å². The fraction of sp³-hybridized carbons (Fsp3) is 0.667. The van der Waals surface area contributed by atoms with Crippen molar-refractivity contribution in [1.29, 1.82) is 0 Å². The number of nitrogens with one attached hydrogen (secondary N) is 1. The van der Waals surface area contributed by atoms with Crippen LogP contribution in [0.5, 0.6) is 0 Å². The Labute approximate surface area is 93.1 Å². The van der Waals surface area contributed by atoms with E-state index in [9.17, 15) is 0 Å². The molecule has 2 rings (SSSR count). The van der Waals surface area contributed by atoms with Crippen LogP contribution in [-0.4, -0.2) is 35.6 Å². The molecule has 78 valence electrons. The first-order chi connectivity index (χ1) is 6.74. The molecule has 3 nitrogen and oxygen atoms in total. The number of rotatable bonds is 2. The molecule has 1 aromatic rings. The molecule has 2 heterocycles. The average Bonchev–Trinajstić information content (AvgIpc) is 2.51. The molecule has 0 radical (unpaired) electrons. The van der Waals surface area contributed by atoms with Crippen molar-refractivity contribution in [1.82, 2.24) is 15.2 Å². The second-order valence-electron chi connectivity index (χ2n) is 3.67. The van der Waals surface area contributed by atoms with Gasteiger partial charge in [0.25, 0.3) is 0 Å². The van der Waals surface area contributed by atoms with Gasteiger partial charge in [-0.1, -0.05) is 11.6 Å². The normalized spacial score (nSPS) is 24.0. The van der Waals surface area contributed by atoms with Crippen molar-refractivity contribution in [3.05, 3.63) is 15.5 Å². The number of piperazine rings is 1. The third-order valence-corrected chi connectivity index (χ3v) is 3.46. The van der Waals surface area contributed by atoms with E-state index in [1.165, 1.54) is 4.88 Å². The Morgan fingerprint density at radius 3 is 3.29 bits per heavy atom. The Morgan fingerprint density at radius 2 is 2.64 bits per heavy atom. The van der Waals surface area contributed by atoms with Crippen LogP contribution in [-0.2, 0) is 6.54 Å². The molecule has 5 heteroatoms. The smallest absolute Gasteiger partial charge is 0.183 e. The lowest BCUT2D eigenvalue weighted by atomic mass is 10.2. The zero-order valence-corrected chi connectivity index (χ0v) is 9.74. The van der Waals surface area contributed by atoms with E-state index < -0.39 is 0 Å². The molecular formula is C9H14ClN3S. The molecule has 0 bridgehead atoms. The summed E-state index contributed by atoms with van der Waals surface area (Å²) in [6, 6.07) is 0.590. The highest BCUT2D eigenvalue weighted by Gasteiger charge is 2.16. The number of nitrogens with zero attached hydrogens (tertiary/aromatic N) is 2. The van der Waals surface area contributed by atoms with Crippen LogP contribution in [0.15, 0.2) is 6.20 Å². The predicted molar refractivity (Wildman–Crippen MR) is 59.9 cm³/mol. The molecule has 0 spiro atoms. The Hall–Kier alpha value is -0.160. The Morgan fingerprint density at radius 1 is 1.79 bits per heavy atom. The summed E-state index contributed by atoms with van der Waals surface area (Å²) in [6.45, 7) is 6.49. The lowest BCUT2D eigenvalue weighted by molar-refractivity contribution is 0.201. The lowest BCUT2D eigenvalue weighted by Crippen LogP contribution is -2.48. The van der Waals surface area contributed by atoms with E-state index in [2.05, 4.69) is 22.1 Å². The van der Waals surface area contributed by atoms with Gasteiger partial charge in [0.05, 0.1) is 0 Å². The van der Waals surface area contributed by atoms with Crippen molar-refractivity contribution in [2.24, 2.45) is 0 Å². The number of aromatic nitrogens is 1. The summed E-state index contributed by atoms with van der Waals surface area (Å²) in [5.74, 6) is 0. The largest absolute Gasteiger partial charge is 0.312 e. The molecule has 14 heavy (non-hydrogen) atoms. The van der Waals surface area contributed by atoms with E-state index in [4.69, 9.17) is 11.6 Å². The van der Waals surface area contributed by atoms with Crippen LogP contribution in [0.4, 0.5) is 0 Å². The molecule has 0 unspecified atom stereocenters. The molecule has 0 amide bonds. The fourth-order valence-electron chi connectivity index (χ4n) is 1.73. The monoisotopic (exact) mass is 231 g/mol. The highest BCUT2D eigenvalue weighted by Crippen LogP contribution is 2.19. The number of halogens is 1. The van der Waals surface area contributed by atoms with Gasteiger partial charge in [0.2, 0.25) is 0 Å². The summed E-state index contributed by atoms with van der Waals surface area (Å²) >= 11 is 7.36. The Kier molecular flexibility index (Phi) is 3.38. The zero-order chi connectivity index (χ0) is 9.97. The second-order valence-corrected chi connectivity index (χ2v) is 5.37. The highest BCUT2D eigenvalue weighted by atomic mass is 35.5. The van der Waals surface area contributed by atoms with Crippen LogP contribution >= 0.6 is 22.9 Å². The molecular weight excluding hydrogens is 218 g/mol. The van der Waals surface area contributed by atoms with Crippen LogP contribution in [0.1, 0.15) is 11.8 Å². The van der Waals surface area contributed by atoms with Gasteiger partial charge in [0.15, 0.2) is 4.47 Å². The molecule has 1 aliphatic heterocycles. The summed E-state index contributed by atoms with van der Waals surface area (Å²) in [6.07, 6.45) is 1.87. The van der Waals surface area contributed by atoms with E-state index >= 15 is 0 Å². The Bertz CT molecular complexity index is 302. The summed E-state index contributed by atoms with van der Waals surface area (Å²) in [5.41, 5.74) is 0. The first-order valence-corrected chi connectivity index (χ1v) is 5.99. The SMILES string of the molecule is C[C@@H]1CN(Cc2cnc(Cl)s2)CCN1. The van der Waals surface area contributed by atoms with Gasteiger partial charge in [-0.25, -0.2) is 4.98 Å². The van der Waals surface area contributed by atoms with Crippen LogP contribution in [0, 0.1) is 0 Å². The van der Waals surface area contributed by atoms with Gasteiger partial charge < -0.3 is 5.32 Å². The maximum absolute atomic E-state index is 5.78. The molecule has 0 saturated carbocycles. The predicted octanol–water partition coefficient (Wildman–Crippen LogP) is 1.59. The van der Waals surface area contributed by atoms with Crippen LogP contribution in [0.3, 0.4) is 0 Å². The van der Waals surface area contributed by atoms with Crippen LogP contribution in [0.2, 0.25) is 4.47 Å². The van der Waals surface area contributed by atoms with Gasteiger partial charge >= 0.3 is 0 Å². The standard InChI is InChI=1S/C9H14ClN3S/c1-7-5-13(3-2-11-7)6-8-4-12-9(10)14-8/h4,7,11H,2-3,5-6H2,1H3/t7-/m1/s1. The molecule has 1 atom stereocenters. The Balaban J connectivity index is 1.90. The minimum Gasteiger partial charge on any atom is -0.312 e. The van der Waals surface area contributed by atoms with Crippen molar-refractivity contribution in [3.8, 4) is 0 Å². The van der Waals surface area contributed by atoms with Crippen molar-refractivity contribution in [3.63, 3.8) is 0 Å². The second kappa shape index (κ2) is 4.57. The minimum absolute atomic E-state index is 0.590. The maximum Gasteiger partial charge on any atom is 0.183 e. The van der Waals surface area contributed by atoms with Crippen molar-refractivity contribution >= 4 is 22.9 Å². The first kappa shape index (κ1) is 10.4. The molecule has 1 saturated heterocycles. The van der Waals surface area contributed by atoms with Gasteiger partial charge in [-0.3, -0.25) is 4.90 Å². The molecule has 1 fully saturated rings. The molecule has 1 aromatic heterocycles. The van der Waals surface area contributed by atoms with Gasteiger partial charge in [-0.2, -0.15) is 0 Å². The zero-order valence-electron chi connectivity index (χ0n) is 8.16. The summed E-state index contributed by atoms with van der Waals surface area (Å²) in [4.78, 5) is 7.73. The fourth-order valence-corrected chi connectivity index (χ4v) is 2.75. The number of hydrogen-bond donors (Lipinski definition) is 1. The van der Waals surface area contributed by atoms with Gasteiger partial charge in [-0.15, -0.1) is 11.3 Å². The molecule has 1 aliphatic rings. The van der Waals surface area contributed by atoms with E-state index in [0.29, 0.717) is 10.5 Å². The highest BCUT2D eigenvalue weighted by molar-refractivity contribution is 7.15. The number of thiazole rings is 1. The van der Waals surface area contributed by atoms with Crippen LogP contribution < -0.4 is 5.32 Å². The van der Waals surface area contributed by atoms with Gasteiger partial charge in [-0.05, 0) is 6.92 Å². The topological polar surface area (TPSA) is 28.2 Å². The van der Waals surface area contributed by atoms with Gasteiger partial charge in [0, 0.05) is 43.3 Å². The lowest BCUT2D eigenvalue weighted by Gasteiger charge is -2.31. The minimum atomic E-state index is 0.590. The average molecular weight is 232 g/mol. The third kappa shape index (κ3) is 2.67. The van der Waals surface area contributed by atoms with Crippen molar-refractivity contribution in [2.45, 2.75) is 19.5 Å². The van der Waals surface area contributed by atoms with E-state index in [1.807, 2.05) is 6.20 Å². The maximum atomic E-state index is 5.78. The summed E-state index contributed by atoms with van der Waals surface area (Å²) in [5, 5.41) is 3.42. The van der Waals surface area contributed by atoms with E-state index in [-0.39, 0.29) is 0 Å². The number of hydrogen-bond acceptors (Lipinski definition) is 4. The molecule has 0 aromatic carbocycles. The molecule has 1 N–H and O–H groups in total. The summed E-state index contributed by atoms with van der Waals surface area (Å²) < 4.78 is 0.642. The van der Waals surface area contributed by atoms with E-state index in [0.717, 1.165) is 26.2 Å². The van der Waals surface area contributed by atoms with Gasteiger partial charge in [0.1, 0.15) is 0 Å².